The van der Waals surface area contributed by atoms with Gasteiger partial charge in [0.25, 0.3) is 0 Å². The van der Waals surface area contributed by atoms with Gasteiger partial charge < -0.3 is 9.47 Å². The molecule has 0 aromatic heterocycles. The second-order valence-corrected chi connectivity index (χ2v) is 6.38. The highest BCUT2D eigenvalue weighted by atomic mass is 17.0. The highest BCUT2D eigenvalue weighted by Gasteiger charge is 2.11. The Morgan fingerprint density at radius 2 is 1.10 bits per heavy atom. The smallest absolute Gasteiger partial charge is 0.477 e. The molecule has 30 heavy (non-hydrogen) atoms. The molecule has 0 aliphatic heterocycles. The average Bonchev–Trinajstić information content (AvgIpc) is 2.78. The Morgan fingerprint density at radius 1 is 0.667 bits per heavy atom. The molecular weight excluding hydrogens is 390 g/mol. The lowest BCUT2D eigenvalue weighted by Gasteiger charge is -2.05. The molecule has 8 nitrogen and oxygen atoms in total. The Hall–Kier alpha value is -3.42. The Morgan fingerprint density at radius 3 is 1.53 bits per heavy atom. The van der Waals surface area contributed by atoms with Gasteiger partial charge in [-0.25, -0.2) is 0 Å². The second kappa shape index (κ2) is 13.7. The van der Waals surface area contributed by atoms with Crippen molar-refractivity contribution in [1.82, 2.24) is 0 Å². The van der Waals surface area contributed by atoms with Gasteiger partial charge in [0, 0.05) is 11.1 Å². The van der Waals surface area contributed by atoms with Crippen LogP contribution in [0.4, 0.5) is 0 Å². The van der Waals surface area contributed by atoms with Gasteiger partial charge in [0.05, 0.1) is 13.2 Å². The van der Waals surface area contributed by atoms with Crippen LogP contribution < -0.4 is 9.47 Å². The van der Waals surface area contributed by atoms with Gasteiger partial charge in [0.15, 0.2) is 13.2 Å². The van der Waals surface area contributed by atoms with E-state index in [1.807, 2.05) is 0 Å². The van der Waals surface area contributed by atoms with Gasteiger partial charge in [-0.2, -0.15) is 9.68 Å². The molecule has 160 valence electrons. The zero-order valence-electron chi connectivity index (χ0n) is 16.7. The molecule has 0 fully saturated rings. The van der Waals surface area contributed by atoms with Crippen molar-refractivity contribution < 1.29 is 33.8 Å². The normalized spacial score (nSPS) is 10.1. The topological polar surface area (TPSA) is 91.1 Å². The number of unbranched alkanes of at least 4 members (excludes halogenated alkanes) is 2. The zero-order chi connectivity index (χ0) is 21.4. The van der Waals surface area contributed by atoms with E-state index in [1.165, 1.54) is 0 Å². The lowest BCUT2D eigenvalue weighted by molar-refractivity contribution is -0.981. The summed E-state index contributed by atoms with van der Waals surface area (Å²) in [4.78, 5) is 42.7. The third-order valence-electron chi connectivity index (χ3n) is 4.00. The molecule has 2 aromatic rings. The van der Waals surface area contributed by atoms with Crippen molar-refractivity contribution in [1.29, 1.82) is 0 Å². The molecule has 2 aromatic carbocycles. The van der Waals surface area contributed by atoms with Gasteiger partial charge in [0.1, 0.15) is 29.0 Å². The Balaban J connectivity index is 1.43. The summed E-state index contributed by atoms with van der Waals surface area (Å²) in [6.45, 7) is 1.36. The number of ether oxygens (including phenoxy) is 2. The van der Waals surface area contributed by atoms with Crippen LogP contribution in [0.25, 0.3) is 0 Å². The summed E-state index contributed by atoms with van der Waals surface area (Å²) < 4.78 is 11.1. The fourth-order valence-electron chi connectivity index (χ4n) is 2.46. The largest absolute Gasteiger partial charge is 0.494 e. The molecule has 2 rings (SSSR count). The van der Waals surface area contributed by atoms with Crippen molar-refractivity contribution in [3.05, 3.63) is 64.6 Å². The minimum Gasteiger partial charge on any atom is -0.494 e. The first-order valence-corrected chi connectivity index (χ1v) is 9.80. The first-order valence-electron chi connectivity index (χ1n) is 9.80. The van der Waals surface area contributed by atoms with E-state index in [0.717, 1.165) is 12.6 Å². The van der Waals surface area contributed by atoms with E-state index in [-0.39, 0.29) is 18.3 Å². The van der Waals surface area contributed by atoms with Crippen LogP contribution in [0.3, 0.4) is 0 Å². The van der Waals surface area contributed by atoms with Gasteiger partial charge in [-0.3, -0.25) is 9.59 Å². The van der Waals surface area contributed by atoms with Crippen molar-refractivity contribution in [2.75, 3.05) is 26.4 Å². The Kier molecular flexibility index (Phi) is 10.4. The van der Waals surface area contributed by atoms with Crippen LogP contribution in [0, 0.1) is 4.91 Å². The number of hydrogen-bond acceptors (Lipinski definition) is 7. The van der Waals surface area contributed by atoms with Crippen LogP contribution >= 0.6 is 0 Å². The van der Waals surface area contributed by atoms with E-state index >= 15 is 0 Å². The van der Waals surface area contributed by atoms with E-state index in [0.29, 0.717) is 61.5 Å². The number of nitrogens with zero attached hydrogens (tertiary/aromatic N) is 1. The molecule has 0 aliphatic rings. The van der Waals surface area contributed by atoms with Crippen LogP contribution in [-0.2, 0) is 9.68 Å². The predicted octanol–water partition coefficient (Wildman–Crippen LogP) is 3.97. The lowest BCUT2D eigenvalue weighted by Crippen LogP contribution is -2.13. The molecule has 0 saturated carbocycles. The molecule has 8 heteroatoms. The van der Waals surface area contributed by atoms with E-state index in [9.17, 15) is 14.5 Å². The van der Waals surface area contributed by atoms with E-state index < -0.39 is 0 Å². The molecule has 0 aliphatic carbocycles. The standard InChI is InChI=1S/C22H26NO7/c24-17-19-7-5-9-21(15-19)27-11-1-3-13-29-23(26)30-14-4-2-12-28-22-10-6-8-20(16-22)18-25/h5-10,15-18H,1-4,11-14H2/q+1. The van der Waals surface area contributed by atoms with Crippen molar-refractivity contribution in [2.45, 2.75) is 25.7 Å². The monoisotopic (exact) mass is 416 g/mol. The number of benzene rings is 2. The van der Waals surface area contributed by atoms with Crippen LogP contribution in [-0.4, -0.2) is 44.1 Å². The number of carbonyl (C=O) groups excluding carboxylic acids is 2. The maximum absolute atomic E-state index is 11.4. The molecule has 0 saturated heterocycles. The van der Waals surface area contributed by atoms with Crippen LogP contribution in [0.15, 0.2) is 48.5 Å². The zero-order valence-corrected chi connectivity index (χ0v) is 16.7. The summed E-state index contributed by atoms with van der Waals surface area (Å²) in [5.74, 6) is 1.27. The van der Waals surface area contributed by atoms with Crippen molar-refractivity contribution >= 4 is 12.6 Å². The molecule has 0 heterocycles. The maximum atomic E-state index is 11.4. The maximum Gasteiger partial charge on any atom is 0.477 e. The minimum absolute atomic E-state index is 0.128. The Bertz CT molecular complexity index is 744. The van der Waals surface area contributed by atoms with Gasteiger partial charge >= 0.3 is 5.09 Å². The van der Waals surface area contributed by atoms with Gasteiger partial charge in [-0.05, 0) is 49.9 Å². The molecule has 0 radical (unpaired) electrons. The van der Waals surface area contributed by atoms with Gasteiger partial charge in [0.2, 0.25) is 0 Å². The molecule has 0 unspecified atom stereocenters. The highest BCUT2D eigenvalue weighted by molar-refractivity contribution is 5.75. The Labute approximate surface area is 175 Å². The van der Waals surface area contributed by atoms with Crippen molar-refractivity contribution in [3.8, 4) is 11.5 Å². The van der Waals surface area contributed by atoms with Gasteiger partial charge in [-0.15, -0.1) is 0 Å². The van der Waals surface area contributed by atoms with E-state index in [1.54, 1.807) is 48.5 Å². The lowest BCUT2D eigenvalue weighted by atomic mass is 10.2. The summed E-state index contributed by atoms with van der Waals surface area (Å²) in [7, 11) is 0. The van der Waals surface area contributed by atoms with Gasteiger partial charge in [-0.1, -0.05) is 24.3 Å². The molecule has 0 bridgehead atoms. The highest BCUT2D eigenvalue weighted by Crippen LogP contribution is 2.13. The quantitative estimate of drug-likeness (QED) is 0.232. The molecule has 0 spiro atoms. The molecule has 0 amide bonds. The van der Waals surface area contributed by atoms with Crippen LogP contribution in [0.2, 0.25) is 0 Å². The van der Waals surface area contributed by atoms with Crippen molar-refractivity contribution in [2.24, 2.45) is 0 Å². The van der Waals surface area contributed by atoms with E-state index in [4.69, 9.17) is 19.1 Å². The third-order valence-corrected chi connectivity index (χ3v) is 4.00. The molecular formula is C22H26NO7+. The molecule has 0 atom stereocenters. The molecule has 0 N–H and O–H groups in total. The fraction of sp³-hybridized carbons (Fsp3) is 0.364. The second-order valence-electron chi connectivity index (χ2n) is 6.38. The first kappa shape index (κ1) is 22.9. The summed E-state index contributed by atoms with van der Waals surface area (Å²) >= 11 is 0. The number of aldehydes is 2. The number of carbonyl (C=O) groups is 2. The van der Waals surface area contributed by atoms with Crippen molar-refractivity contribution in [3.63, 3.8) is 0 Å². The number of rotatable bonds is 16. The summed E-state index contributed by atoms with van der Waals surface area (Å²) in [5.41, 5.74) is 1.13. The minimum atomic E-state index is 0.128. The van der Waals surface area contributed by atoms with E-state index in [2.05, 4.69) is 0 Å². The van der Waals surface area contributed by atoms with Crippen LogP contribution in [0.1, 0.15) is 46.4 Å². The third kappa shape index (κ3) is 9.18. The SMILES string of the molecule is O=Cc1cccc(OCCCCO[N+](=O)OCCCCOc2cccc(C=O)c2)c1. The summed E-state index contributed by atoms with van der Waals surface area (Å²) in [6.07, 6.45) is 4.19. The predicted molar refractivity (Wildman–Crippen MR) is 109 cm³/mol. The van der Waals surface area contributed by atoms with Crippen LogP contribution in [0.5, 0.6) is 11.5 Å². The number of hydrogen-bond donors (Lipinski definition) is 0. The summed E-state index contributed by atoms with van der Waals surface area (Å²) in [5, 5.41) is 0.128. The first-order chi connectivity index (χ1) is 14.7. The fourth-order valence-corrected chi connectivity index (χ4v) is 2.46. The average molecular weight is 416 g/mol. The summed E-state index contributed by atoms with van der Waals surface area (Å²) in [6, 6.07) is 13.8.